The molecule has 0 aliphatic heterocycles. The number of hydrogen-bond donors (Lipinski definition) is 0. The number of nitriles is 1. The Morgan fingerprint density at radius 1 is 1.38 bits per heavy atom. The molecule has 1 fully saturated rings. The van der Waals surface area contributed by atoms with Crippen molar-refractivity contribution in [2.24, 2.45) is 5.41 Å². The number of rotatable bonds is 3. The Balaban J connectivity index is 2.55. The fourth-order valence-electron chi connectivity index (χ4n) is 2.21. The van der Waals surface area contributed by atoms with Crippen molar-refractivity contribution >= 4 is 0 Å². The molecule has 0 aromatic heterocycles. The molecule has 1 atom stereocenters. The first kappa shape index (κ1) is 10.7. The van der Waals surface area contributed by atoms with E-state index >= 15 is 0 Å². The lowest BCUT2D eigenvalue weighted by atomic mass is 9.79. The molecule has 0 unspecified atom stereocenters. The molecule has 1 saturated carbocycles. The van der Waals surface area contributed by atoms with Crippen molar-refractivity contribution in [3.05, 3.63) is 35.9 Å². The van der Waals surface area contributed by atoms with Crippen LogP contribution in [-0.4, -0.2) is 7.11 Å². The molecule has 2 heteroatoms. The molecule has 1 aliphatic carbocycles. The van der Waals surface area contributed by atoms with Gasteiger partial charge in [-0.05, 0) is 18.4 Å². The molecule has 1 aromatic carbocycles. The predicted octanol–water partition coefficient (Wildman–Crippen LogP) is 2.47. The monoisotopic (exact) mass is 211 g/mol. The highest BCUT2D eigenvalue weighted by Crippen LogP contribution is 2.59. The van der Waals surface area contributed by atoms with Crippen molar-refractivity contribution in [1.82, 2.24) is 0 Å². The number of benzene rings is 1. The largest absolute Gasteiger partial charge is 0.360 e. The SMILES string of the molecule is C#C[C@](OC)(c1ccccc1)C1(C#N)CC1. The molecule has 0 spiro atoms. The molecule has 16 heavy (non-hydrogen) atoms. The van der Waals surface area contributed by atoms with Gasteiger partial charge in [-0.3, -0.25) is 0 Å². The van der Waals surface area contributed by atoms with Crippen LogP contribution < -0.4 is 0 Å². The van der Waals surface area contributed by atoms with Gasteiger partial charge in [0.25, 0.3) is 0 Å². The number of methoxy groups -OCH3 is 1. The summed E-state index contributed by atoms with van der Waals surface area (Å²) in [5.74, 6) is 2.69. The van der Waals surface area contributed by atoms with E-state index in [1.807, 2.05) is 30.3 Å². The smallest absolute Gasteiger partial charge is 0.171 e. The summed E-state index contributed by atoms with van der Waals surface area (Å²) in [4.78, 5) is 0. The van der Waals surface area contributed by atoms with Gasteiger partial charge in [0.2, 0.25) is 0 Å². The molecule has 80 valence electrons. The van der Waals surface area contributed by atoms with E-state index in [0.717, 1.165) is 18.4 Å². The quantitative estimate of drug-likeness (QED) is 0.719. The van der Waals surface area contributed by atoms with Gasteiger partial charge in [0, 0.05) is 7.11 Å². The van der Waals surface area contributed by atoms with Crippen LogP contribution in [0.25, 0.3) is 0 Å². The van der Waals surface area contributed by atoms with Crippen LogP contribution in [0.15, 0.2) is 30.3 Å². The first-order valence-corrected chi connectivity index (χ1v) is 5.24. The fraction of sp³-hybridized carbons (Fsp3) is 0.357. The topological polar surface area (TPSA) is 33.0 Å². The van der Waals surface area contributed by atoms with Crippen LogP contribution in [-0.2, 0) is 10.3 Å². The average Bonchev–Trinajstić information content (AvgIpc) is 3.14. The molecular weight excluding hydrogens is 198 g/mol. The maximum Gasteiger partial charge on any atom is 0.171 e. The third-order valence-electron chi connectivity index (χ3n) is 3.33. The summed E-state index contributed by atoms with van der Waals surface area (Å²) in [6, 6.07) is 11.9. The van der Waals surface area contributed by atoms with Gasteiger partial charge in [-0.2, -0.15) is 5.26 Å². The van der Waals surface area contributed by atoms with Crippen molar-refractivity contribution in [1.29, 1.82) is 5.26 Å². The highest BCUT2D eigenvalue weighted by atomic mass is 16.5. The summed E-state index contributed by atoms with van der Waals surface area (Å²) in [5.41, 5.74) is -0.556. The van der Waals surface area contributed by atoms with Crippen molar-refractivity contribution < 1.29 is 4.74 Å². The van der Waals surface area contributed by atoms with Gasteiger partial charge in [-0.1, -0.05) is 36.3 Å². The molecule has 0 N–H and O–H groups in total. The number of hydrogen-bond acceptors (Lipinski definition) is 2. The summed E-state index contributed by atoms with van der Waals surface area (Å²) in [6.07, 6.45) is 7.23. The first-order chi connectivity index (χ1) is 7.74. The first-order valence-electron chi connectivity index (χ1n) is 5.24. The molecule has 1 aromatic rings. The minimum Gasteiger partial charge on any atom is -0.360 e. The van der Waals surface area contributed by atoms with Gasteiger partial charge in [-0.15, -0.1) is 6.42 Å². The maximum atomic E-state index is 9.29. The summed E-state index contributed by atoms with van der Waals surface area (Å²) in [6.45, 7) is 0. The Morgan fingerprint density at radius 3 is 2.38 bits per heavy atom. The van der Waals surface area contributed by atoms with Crippen molar-refractivity contribution in [3.63, 3.8) is 0 Å². The Labute approximate surface area is 95.9 Å². The second-order valence-electron chi connectivity index (χ2n) is 4.09. The number of ether oxygens (including phenoxy) is 1. The molecular formula is C14H13NO. The average molecular weight is 211 g/mol. The lowest BCUT2D eigenvalue weighted by molar-refractivity contribution is -0.00565. The van der Waals surface area contributed by atoms with Crippen LogP contribution in [0.4, 0.5) is 0 Å². The van der Waals surface area contributed by atoms with Crippen molar-refractivity contribution in [3.8, 4) is 18.4 Å². The van der Waals surface area contributed by atoms with Crippen LogP contribution in [0, 0.1) is 29.1 Å². The molecule has 0 heterocycles. The van der Waals surface area contributed by atoms with Crippen LogP contribution in [0.3, 0.4) is 0 Å². The highest BCUT2D eigenvalue weighted by molar-refractivity contribution is 5.41. The third-order valence-corrected chi connectivity index (χ3v) is 3.33. The summed E-state index contributed by atoms with van der Waals surface area (Å²) in [7, 11) is 1.57. The summed E-state index contributed by atoms with van der Waals surface area (Å²) >= 11 is 0. The zero-order chi connectivity index (χ0) is 11.6. The van der Waals surface area contributed by atoms with Crippen LogP contribution in [0.1, 0.15) is 18.4 Å². The van der Waals surface area contributed by atoms with Crippen LogP contribution >= 0.6 is 0 Å². The van der Waals surface area contributed by atoms with E-state index in [2.05, 4.69) is 12.0 Å². The third kappa shape index (κ3) is 1.24. The molecule has 2 nitrogen and oxygen atoms in total. The molecule has 0 amide bonds. The standard InChI is InChI=1S/C14H13NO/c1-3-14(16-2,13(11-15)9-10-13)12-7-5-4-6-8-12/h1,4-8H,9-10H2,2H3/t14-/m0/s1. The van der Waals surface area contributed by atoms with E-state index in [0.29, 0.717) is 0 Å². The van der Waals surface area contributed by atoms with Gasteiger partial charge >= 0.3 is 0 Å². The van der Waals surface area contributed by atoms with Crippen molar-refractivity contribution in [2.45, 2.75) is 18.4 Å². The zero-order valence-corrected chi connectivity index (χ0v) is 9.23. The van der Waals surface area contributed by atoms with Crippen LogP contribution in [0.2, 0.25) is 0 Å². The van der Waals surface area contributed by atoms with Crippen molar-refractivity contribution in [2.75, 3.05) is 7.11 Å². The molecule has 1 aliphatic rings. The summed E-state index contributed by atoms with van der Waals surface area (Å²) in [5, 5.41) is 9.29. The van der Waals surface area contributed by atoms with E-state index in [4.69, 9.17) is 11.2 Å². The lowest BCUT2D eigenvalue weighted by Crippen LogP contribution is -2.36. The Hall–Kier alpha value is -1.77. The second-order valence-corrected chi connectivity index (χ2v) is 4.09. The van der Waals surface area contributed by atoms with E-state index in [9.17, 15) is 5.26 Å². The second kappa shape index (κ2) is 3.67. The summed E-state index contributed by atoms with van der Waals surface area (Å²) < 4.78 is 5.53. The predicted molar refractivity (Wildman–Crippen MR) is 61.2 cm³/mol. The van der Waals surface area contributed by atoms with Gasteiger partial charge < -0.3 is 4.74 Å². The maximum absolute atomic E-state index is 9.29. The zero-order valence-electron chi connectivity index (χ0n) is 9.23. The van der Waals surface area contributed by atoms with Crippen LogP contribution in [0.5, 0.6) is 0 Å². The molecule has 0 saturated heterocycles. The minimum atomic E-state index is -0.900. The molecule has 0 bridgehead atoms. The highest BCUT2D eigenvalue weighted by Gasteiger charge is 2.61. The van der Waals surface area contributed by atoms with Gasteiger partial charge in [0.05, 0.1) is 6.07 Å². The normalized spacial score (nSPS) is 20.2. The van der Waals surface area contributed by atoms with E-state index < -0.39 is 11.0 Å². The fourth-order valence-corrected chi connectivity index (χ4v) is 2.21. The van der Waals surface area contributed by atoms with E-state index in [1.54, 1.807) is 7.11 Å². The number of nitrogens with zero attached hydrogens (tertiary/aromatic N) is 1. The molecule has 2 rings (SSSR count). The Kier molecular flexibility index (Phi) is 2.46. The minimum absolute atomic E-state index is 0.544. The molecule has 0 radical (unpaired) electrons. The van der Waals surface area contributed by atoms with Gasteiger partial charge in [-0.25, -0.2) is 0 Å². The Bertz CT molecular complexity index is 462. The van der Waals surface area contributed by atoms with Gasteiger partial charge in [0.15, 0.2) is 5.60 Å². The van der Waals surface area contributed by atoms with E-state index in [-0.39, 0.29) is 0 Å². The lowest BCUT2D eigenvalue weighted by Gasteiger charge is -2.32. The van der Waals surface area contributed by atoms with Gasteiger partial charge in [0.1, 0.15) is 5.41 Å². The Morgan fingerprint density at radius 2 is 2.00 bits per heavy atom. The van der Waals surface area contributed by atoms with E-state index in [1.165, 1.54) is 0 Å². The number of terminal acetylenes is 1.